The lowest BCUT2D eigenvalue weighted by molar-refractivity contribution is -0.150. The van der Waals surface area contributed by atoms with Crippen molar-refractivity contribution < 1.29 is 14.3 Å². The number of hydrogen-bond acceptors (Lipinski definition) is 7. The second-order valence-electron chi connectivity index (χ2n) is 8.08. The number of nitrogens with zero attached hydrogens (tertiary/aromatic N) is 4. The molecule has 1 aromatic carbocycles. The molecule has 7 nitrogen and oxygen atoms in total. The van der Waals surface area contributed by atoms with Crippen LogP contribution in [0.15, 0.2) is 29.4 Å². The maximum absolute atomic E-state index is 13.3. The van der Waals surface area contributed by atoms with Crippen molar-refractivity contribution in [2.45, 2.75) is 62.9 Å². The van der Waals surface area contributed by atoms with Crippen LogP contribution in [0.3, 0.4) is 0 Å². The number of aryl methyl sites for hydroxylation is 2. The molecule has 0 amide bonds. The molecule has 1 aromatic heterocycles. The number of hydrogen-bond donors (Lipinski definition) is 0. The van der Waals surface area contributed by atoms with Crippen LogP contribution in [0.25, 0.3) is 0 Å². The molecule has 31 heavy (non-hydrogen) atoms. The van der Waals surface area contributed by atoms with Crippen LogP contribution in [0.1, 0.15) is 61.4 Å². The Hall–Kier alpha value is -2.19. The molecule has 0 radical (unpaired) electrons. The number of thioether (sulfide) groups is 1. The average Bonchev–Trinajstić information content (AvgIpc) is 3.34. The predicted octanol–water partition coefficient (Wildman–Crippen LogP) is 3.53. The van der Waals surface area contributed by atoms with E-state index in [1.807, 2.05) is 13.8 Å². The van der Waals surface area contributed by atoms with Gasteiger partial charge in [0.15, 0.2) is 11.0 Å². The minimum Gasteiger partial charge on any atom is -0.466 e. The van der Waals surface area contributed by atoms with Crippen molar-refractivity contribution in [2.24, 2.45) is 5.92 Å². The molecule has 3 atom stereocenters. The maximum atomic E-state index is 13.3. The van der Waals surface area contributed by atoms with Gasteiger partial charge in [-0.2, -0.15) is 4.68 Å². The zero-order valence-electron chi connectivity index (χ0n) is 18.4. The molecule has 0 N–H and O–H groups in total. The molecule has 0 saturated carbocycles. The zero-order chi connectivity index (χ0) is 22.0. The van der Waals surface area contributed by atoms with Crippen molar-refractivity contribution in [3.63, 3.8) is 0 Å². The van der Waals surface area contributed by atoms with Gasteiger partial charge in [0.05, 0.1) is 18.6 Å². The van der Waals surface area contributed by atoms with Gasteiger partial charge in [0, 0.05) is 13.0 Å². The molecule has 2 aliphatic heterocycles. The monoisotopic (exact) mass is 442 g/mol. The van der Waals surface area contributed by atoms with Crippen LogP contribution < -0.4 is 0 Å². The zero-order valence-corrected chi connectivity index (χ0v) is 19.2. The number of piperidine rings is 1. The first-order valence-electron chi connectivity index (χ1n) is 11.2. The summed E-state index contributed by atoms with van der Waals surface area (Å²) in [5.41, 5.74) is 2.35. The summed E-state index contributed by atoms with van der Waals surface area (Å²) in [4.78, 5) is 32.6. The van der Waals surface area contributed by atoms with E-state index in [0.717, 1.165) is 31.4 Å². The summed E-state index contributed by atoms with van der Waals surface area (Å²) in [6.07, 6.45) is 3.40. The molecular weight excluding hydrogens is 412 g/mol. The molecule has 1 saturated heterocycles. The first-order chi connectivity index (χ1) is 15.0. The van der Waals surface area contributed by atoms with Crippen LogP contribution >= 0.6 is 11.8 Å². The SMILES string of the molecule is CCOC(=O)C1CCCN(C(c2ccc(CC)cc2)C2Sc3nc(CC)nn3C2=O)C1. The highest BCUT2D eigenvalue weighted by Crippen LogP contribution is 2.42. The van der Waals surface area contributed by atoms with Crippen LogP contribution in [0.5, 0.6) is 0 Å². The number of rotatable bonds is 7. The molecular formula is C23H30N4O3S. The van der Waals surface area contributed by atoms with Crippen molar-refractivity contribution in [2.75, 3.05) is 19.7 Å². The maximum Gasteiger partial charge on any atom is 0.310 e. The Kier molecular flexibility index (Phi) is 6.77. The fourth-order valence-electron chi connectivity index (χ4n) is 4.43. The molecule has 3 heterocycles. The summed E-state index contributed by atoms with van der Waals surface area (Å²) >= 11 is 1.49. The molecule has 0 bridgehead atoms. The molecule has 2 aliphatic rings. The highest BCUT2D eigenvalue weighted by atomic mass is 32.2. The summed E-state index contributed by atoms with van der Waals surface area (Å²) in [5.74, 6) is 0.364. The first kappa shape index (κ1) is 22.0. The lowest BCUT2D eigenvalue weighted by Crippen LogP contribution is -2.46. The van der Waals surface area contributed by atoms with Crippen molar-refractivity contribution in [3.05, 3.63) is 41.2 Å². The van der Waals surface area contributed by atoms with E-state index in [1.165, 1.54) is 22.0 Å². The second kappa shape index (κ2) is 9.53. The summed E-state index contributed by atoms with van der Waals surface area (Å²) in [6, 6.07) is 8.36. The van der Waals surface area contributed by atoms with E-state index in [0.29, 0.717) is 30.6 Å². The number of benzene rings is 1. The topological polar surface area (TPSA) is 77.3 Å². The van der Waals surface area contributed by atoms with Crippen LogP contribution in [0.4, 0.5) is 0 Å². The van der Waals surface area contributed by atoms with E-state index in [4.69, 9.17) is 4.74 Å². The van der Waals surface area contributed by atoms with Gasteiger partial charge in [-0.05, 0) is 43.9 Å². The summed E-state index contributed by atoms with van der Waals surface area (Å²) in [5, 5.41) is 4.73. The van der Waals surface area contributed by atoms with E-state index >= 15 is 0 Å². The Morgan fingerprint density at radius 3 is 2.65 bits per heavy atom. The van der Waals surface area contributed by atoms with E-state index in [2.05, 4.69) is 46.2 Å². The van der Waals surface area contributed by atoms with Gasteiger partial charge in [-0.1, -0.05) is 49.9 Å². The summed E-state index contributed by atoms with van der Waals surface area (Å²) < 4.78 is 6.76. The van der Waals surface area contributed by atoms with Gasteiger partial charge < -0.3 is 4.74 Å². The summed E-state index contributed by atoms with van der Waals surface area (Å²) in [6.45, 7) is 7.78. The normalized spacial score (nSPS) is 22.4. The highest BCUT2D eigenvalue weighted by Gasteiger charge is 2.44. The van der Waals surface area contributed by atoms with Gasteiger partial charge in [0.2, 0.25) is 0 Å². The standard InChI is InChI=1S/C23H30N4O3S/c1-4-15-9-11-16(12-10-15)19(26-13-7-8-17(14-26)22(29)30-6-3)20-21(28)27-23(31-20)24-18(5-2)25-27/h9-12,17,19-20H,4-8,13-14H2,1-3H3. The quantitative estimate of drug-likeness (QED) is 0.607. The molecule has 0 spiro atoms. The Balaban J connectivity index is 1.64. The van der Waals surface area contributed by atoms with Crippen LogP contribution in [0, 0.1) is 5.92 Å². The van der Waals surface area contributed by atoms with Gasteiger partial charge in [-0.15, -0.1) is 5.10 Å². The van der Waals surface area contributed by atoms with Crippen molar-refractivity contribution in [1.82, 2.24) is 19.7 Å². The summed E-state index contributed by atoms with van der Waals surface area (Å²) in [7, 11) is 0. The van der Waals surface area contributed by atoms with Crippen LogP contribution in [-0.2, 0) is 22.4 Å². The van der Waals surface area contributed by atoms with Crippen molar-refractivity contribution >= 4 is 23.6 Å². The molecule has 4 rings (SSSR count). The minimum absolute atomic E-state index is 0.0324. The third-order valence-electron chi connectivity index (χ3n) is 6.10. The van der Waals surface area contributed by atoms with E-state index in [9.17, 15) is 9.59 Å². The number of esters is 1. The second-order valence-corrected chi connectivity index (χ2v) is 9.19. The Labute approximate surface area is 187 Å². The van der Waals surface area contributed by atoms with Gasteiger partial charge in [-0.25, -0.2) is 4.98 Å². The van der Waals surface area contributed by atoms with Gasteiger partial charge in [0.25, 0.3) is 5.91 Å². The number of carbonyl (C=O) groups is 2. The largest absolute Gasteiger partial charge is 0.466 e. The third-order valence-corrected chi connectivity index (χ3v) is 7.29. The van der Waals surface area contributed by atoms with Gasteiger partial charge in [-0.3, -0.25) is 14.5 Å². The number of aromatic nitrogens is 3. The van der Waals surface area contributed by atoms with Crippen LogP contribution in [-0.4, -0.2) is 56.5 Å². The lowest BCUT2D eigenvalue weighted by Gasteiger charge is -2.39. The molecule has 1 fully saturated rings. The Morgan fingerprint density at radius 2 is 2.00 bits per heavy atom. The fraction of sp³-hybridized carbons (Fsp3) is 0.565. The Bertz CT molecular complexity index is 943. The highest BCUT2D eigenvalue weighted by molar-refractivity contribution is 8.00. The molecule has 8 heteroatoms. The lowest BCUT2D eigenvalue weighted by atomic mass is 9.92. The van der Waals surface area contributed by atoms with Crippen molar-refractivity contribution in [1.29, 1.82) is 0 Å². The molecule has 0 aliphatic carbocycles. The third kappa shape index (κ3) is 4.41. The molecule has 166 valence electrons. The average molecular weight is 443 g/mol. The fourth-order valence-corrected chi connectivity index (χ4v) is 5.71. The van der Waals surface area contributed by atoms with Crippen LogP contribution in [0.2, 0.25) is 0 Å². The number of ether oxygens (including phenoxy) is 1. The smallest absolute Gasteiger partial charge is 0.310 e. The van der Waals surface area contributed by atoms with Gasteiger partial charge >= 0.3 is 5.97 Å². The first-order valence-corrected chi connectivity index (χ1v) is 12.1. The number of fused-ring (bicyclic) bond motifs is 1. The van der Waals surface area contributed by atoms with E-state index < -0.39 is 0 Å². The molecule has 2 aromatic rings. The number of carbonyl (C=O) groups excluding carboxylic acids is 2. The Morgan fingerprint density at radius 1 is 1.23 bits per heavy atom. The van der Waals surface area contributed by atoms with Crippen molar-refractivity contribution in [3.8, 4) is 0 Å². The van der Waals surface area contributed by atoms with Gasteiger partial charge in [0.1, 0.15) is 5.25 Å². The van der Waals surface area contributed by atoms with E-state index in [1.54, 1.807) is 0 Å². The molecule has 3 unspecified atom stereocenters. The number of likely N-dealkylation sites (tertiary alicyclic amines) is 1. The predicted molar refractivity (Wildman–Crippen MR) is 119 cm³/mol. The van der Waals surface area contributed by atoms with E-state index in [-0.39, 0.29) is 29.1 Å². The minimum atomic E-state index is -0.339.